The van der Waals surface area contributed by atoms with Crippen molar-refractivity contribution in [3.63, 3.8) is 0 Å². The van der Waals surface area contributed by atoms with Crippen LogP contribution in [0.4, 0.5) is 5.82 Å². The molecule has 0 saturated carbocycles. The van der Waals surface area contributed by atoms with E-state index < -0.39 is 0 Å². The summed E-state index contributed by atoms with van der Waals surface area (Å²) in [6.07, 6.45) is 8.36. The van der Waals surface area contributed by atoms with Crippen LogP contribution in [-0.4, -0.2) is 37.3 Å². The smallest absolute Gasteiger partial charge is 0.129 e. The minimum Gasteiger partial charge on any atom is -0.497 e. The molecule has 1 fully saturated rings. The van der Waals surface area contributed by atoms with Crippen molar-refractivity contribution in [3.05, 3.63) is 41.9 Å². The number of nitrogens with zero attached hydrogens (tertiary/aromatic N) is 3. The average molecular weight is 410 g/mol. The van der Waals surface area contributed by atoms with E-state index in [1.165, 1.54) is 32.1 Å². The molecule has 0 radical (unpaired) electrons. The molecule has 3 aromatic rings. The number of aromatic nitrogens is 2. The Labute approximate surface area is 176 Å². The van der Waals surface area contributed by atoms with Crippen LogP contribution in [-0.2, 0) is 0 Å². The predicted octanol–water partition coefficient (Wildman–Crippen LogP) is 5.66. The number of methoxy groups -OCH3 is 2. The molecule has 3 heterocycles. The Bertz CT molecular complexity index is 949. The monoisotopic (exact) mass is 409 g/mol. The van der Waals surface area contributed by atoms with E-state index in [0.29, 0.717) is 0 Å². The molecular weight excluding hydrogens is 382 g/mol. The van der Waals surface area contributed by atoms with Crippen LogP contribution >= 0.6 is 11.3 Å². The highest BCUT2D eigenvalue weighted by Crippen LogP contribution is 2.36. The second-order valence-electron chi connectivity index (χ2n) is 7.26. The van der Waals surface area contributed by atoms with Gasteiger partial charge in [-0.3, -0.25) is 0 Å². The Balaban J connectivity index is 1.62. The van der Waals surface area contributed by atoms with Gasteiger partial charge < -0.3 is 14.4 Å². The molecule has 0 unspecified atom stereocenters. The number of benzene rings is 1. The Morgan fingerprint density at radius 1 is 0.931 bits per heavy atom. The lowest BCUT2D eigenvalue weighted by Crippen LogP contribution is -2.27. The van der Waals surface area contributed by atoms with E-state index in [-0.39, 0.29) is 0 Å². The van der Waals surface area contributed by atoms with E-state index in [2.05, 4.69) is 21.3 Å². The van der Waals surface area contributed by atoms with Crippen molar-refractivity contribution >= 4 is 17.2 Å². The van der Waals surface area contributed by atoms with Crippen molar-refractivity contribution in [1.29, 1.82) is 0 Å². The van der Waals surface area contributed by atoms with Crippen LogP contribution in [0.15, 0.2) is 41.9 Å². The molecule has 2 aromatic heterocycles. The van der Waals surface area contributed by atoms with Crippen LogP contribution in [0.1, 0.15) is 32.1 Å². The van der Waals surface area contributed by atoms with Crippen LogP contribution in [0.25, 0.3) is 21.8 Å². The summed E-state index contributed by atoms with van der Waals surface area (Å²) in [4.78, 5) is 12.0. The summed E-state index contributed by atoms with van der Waals surface area (Å²) in [5, 5.41) is 3.06. The first-order valence-electron chi connectivity index (χ1n) is 10.2. The zero-order valence-corrected chi connectivity index (χ0v) is 17.9. The fourth-order valence-electron chi connectivity index (χ4n) is 3.75. The number of anilines is 1. The molecule has 152 valence electrons. The minimum atomic E-state index is 0.790. The standard InChI is InChI=1S/C23H27N3O2S/c1-27-18-8-9-21(28-2)19(15-18)20-16-29-23(25-20)17-10-11-24-22(14-17)26-12-6-4-3-5-7-13-26/h8-11,14-16H,3-7,12-13H2,1-2H3. The molecule has 4 rings (SSSR count). The lowest BCUT2D eigenvalue weighted by Gasteiger charge is -2.26. The van der Waals surface area contributed by atoms with Crippen molar-refractivity contribution in [1.82, 2.24) is 9.97 Å². The van der Waals surface area contributed by atoms with E-state index >= 15 is 0 Å². The van der Waals surface area contributed by atoms with Gasteiger partial charge in [-0.1, -0.05) is 19.3 Å². The molecule has 0 amide bonds. The zero-order chi connectivity index (χ0) is 20.1. The summed E-state index contributed by atoms with van der Waals surface area (Å²) in [7, 11) is 3.35. The van der Waals surface area contributed by atoms with Crippen LogP contribution < -0.4 is 14.4 Å². The van der Waals surface area contributed by atoms with Gasteiger partial charge in [-0.15, -0.1) is 11.3 Å². The number of pyridine rings is 1. The van der Waals surface area contributed by atoms with Gasteiger partial charge in [-0.25, -0.2) is 9.97 Å². The second-order valence-corrected chi connectivity index (χ2v) is 8.12. The predicted molar refractivity (Wildman–Crippen MR) is 119 cm³/mol. The van der Waals surface area contributed by atoms with Gasteiger partial charge in [0.25, 0.3) is 0 Å². The first kappa shape index (κ1) is 19.7. The van der Waals surface area contributed by atoms with Gasteiger partial charge in [-0.2, -0.15) is 0 Å². The number of hydrogen-bond donors (Lipinski definition) is 0. The van der Waals surface area contributed by atoms with Gasteiger partial charge >= 0.3 is 0 Å². The Morgan fingerprint density at radius 3 is 2.48 bits per heavy atom. The van der Waals surface area contributed by atoms with E-state index in [9.17, 15) is 0 Å². The maximum Gasteiger partial charge on any atom is 0.129 e. The maximum atomic E-state index is 5.53. The van der Waals surface area contributed by atoms with Gasteiger partial charge in [0.2, 0.25) is 0 Å². The van der Waals surface area contributed by atoms with Gasteiger partial charge in [0.15, 0.2) is 0 Å². The third kappa shape index (κ3) is 4.53. The SMILES string of the molecule is COc1ccc(OC)c(-c2csc(-c3ccnc(N4CCCCCCC4)c3)n2)c1. The molecule has 0 atom stereocenters. The third-order valence-corrected chi connectivity index (χ3v) is 6.25. The summed E-state index contributed by atoms with van der Waals surface area (Å²) in [6.45, 7) is 2.17. The molecule has 1 aromatic carbocycles. The first-order valence-corrected chi connectivity index (χ1v) is 11.1. The molecule has 29 heavy (non-hydrogen) atoms. The fourth-order valence-corrected chi connectivity index (χ4v) is 4.56. The molecule has 0 aliphatic carbocycles. The Morgan fingerprint density at radius 2 is 1.72 bits per heavy atom. The van der Waals surface area contributed by atoms with Gasteiger partial charge in [0.05, 0.1) is 19.9 Å². The van der Waals surface area contributed by atoms with E-state index in [1.54, 1.807) is 25.6 Å². The average Bonchev–Trinajstić information content (AvgIpc) is 3.23. The van der Waals surface area contributed by atoms with Crippen molar-refractivity contribution < 1.29 is 9.47 Å². The number of rotatable bonds is 5. The summed E-state index contributed by atoms with van der Waals surface area (Å²) >= 11 is 1.64. The second kappa shape index (κ2) is 9.27. The molecule has 0 spiro atoms. The Kier molecular flexibility index (Phi) is 6.30. The molecular formula is C23H27N3O2S. The molecule has 1 aliphatic heterocycles. The normalized spacial score (nSPS) is 14.9. The molecule has 6 heteroatoms. The lowest BCUT2D eigenvalue weighted by molar-refractivity contribution is 0.404. The quantitative estimate of drug-likeness (QED) is 0.544. The Hall–Kier alpha value is -2.60. The molecule has 1 aliphatic rings. The molecule has 0 bridgehead atoms. The van der Waals surface area contributed by atoms with Gasteiger partial charge in [0.1, 0.15) is 22.3 Å². The summed E-state index contributed by atoms with van der Waals surface area (Å²) in [5.41, 5.74) is 2.94. The third-order valence-electron chi connectivity index (χ3n) is 5.36. The highest BCUT2D eigenvalue weighted by Gasteiger charge is 2.15. The maximum absolute atomic E-state index is 5.53. The largest absolute Gasteiger partial charge is 0.497 e. The van der Waals surface area contributed by atoms with Crippen LogP contribution in [0, 0.1) is 0 Å². The topological polar surface area (TPSA) is 47.5 Å². The molecule has 1 saturated heterocycles. The van der Waals surface area contributed by atoms with Crippen molar-refractivity contribution in [2.24, 2.45) is 0 Å². The number of hydrogen-bond acceptors (Lipinski definition) is 6. The first-order chi connectivity index (χ1) is 14.3. The minimum absolute atomic E-state index is 0.790. The van der Waals surface area contributed by atoms with E-state index in [0.717, 1.165) is 52.2 Å². The van der Waals surface area contributed by atoms with Gasteiger partial charge in [-0.05, 0) is 43.2 Å². The van der Waals surface area contributed by atoms with Gasteiger partial charge in [0, 0.05) is 35.8 Å². The number of thiazole rings is 1. The lowest BCUT2D eigenvalue weighted by atomic mass is 10.1. The van der Waals surface area contributed by atoms with Crippen molar-refractivity contribution in [2.75, 3.05) is 32.2 Å². The van der Waals surface area contributed by atoms with Crippen LogP contribution in [0.5, 0.6) is 11.5 Å². The van der Waals surface area contributed by atoms with Crippen molar-refractivity contribution in [3.8, 4) is 33.3 Å². The molecule has 0 N–H and O–H groups in total. The highest BCUT2D eigenvalue weighted by molar-refractivity contribution is 7.13. The van der Waals surface area contributed by atoms with E-state index in [4.69, 9.17) is 14.5 Å². The number of ether oxygens (including phenoxy) is 2. The summed E-state index contributed by atoms with van der Waals surface area (Å²) in [6, 6.07) is 10.00. The summed E-state index contributed by atoms with van der Waals surface area (Å²) in [5.74, 6) is 2.64. The zero-order valence-electron chi connectivity index (χ0n) is 17.1. The summed E-state index contributed by atoms with van der Waals surface area (Å²) < 4.78 is 10.9. The molecule has 5 nitrogen and oxygen atoms in total. The van der Waals surface area contributed by atoms with Crippen LogP contribution in [0.2, 0.25) is 0 Å². The van der Waals surface area contributed by atoms with Crippen LogP contribution in [0.3, 0.4) is 0 Å². The van der Waals surface area contributed by atoms with Crippen molar-refractivity contribution in [2.45, 2.75) is 32.1 Å². The van der Waals surface area contributed by atoms with E-state index in [1.807, 2.05) is 30.5 Å². The fraction of sp³-hybridized carbons (Fsp3) is 0.391. The highest BCUT2D eigenvalue weighted by atomic mass is 32.1.